The van der Waals surface area contributed by atoms with E-state index < -0.39 is 0 Å². The Morgan fingerprint density at radius 3 is 2.88 bits per heavy atom. The van der Waals surface area contributed by atoms with E-state index in [9.17, 15) is 0 Å². The lowest BCUT2D eigenvalue weighted by Crippen LogP contribution is -2.00. The molecule has 16 heavy (non-hydrogen) atoms. The number of nitrogens with zero attached hydrogens (tertiary/aromatic N) is 3. The molecule has 1 saturated carbocycles. The zero-order valence-corrected chi connectivity index (χ0v) is 9.79. The molecule has 1 fully saturated rings. The van der Waals surface area contributed by atoms with E-state index in [-0.39, 0.29) is 0 Å². The van der Waals surface area contributed by atoms with E-state index in [1.165, 1.54) is 12.8 Å². The smallest absolute Gasteiger partial charge is 0.183 e. The predicted molar refractivity (Wildman–Crippen MR) is 64.5 cm³/mol. The Kier molecular flexibility index (Phi) is 2.32. The molecule has 2 aromatic rings. The molecule has 1 N–H and O–H groups in total. The second-order valence-electron chi connectivity index (χ2n) is 3.95. The van der Waals surface area contributed by atoms with Crippen molar-refractivity contribution in [1.29, 1.82) is 0 Å². The molecule has 1 aliphatic carbocycles. The van der Waals surface area contributed by atoms with Gasteiger partial charge in [0.05, 0.1) is 5.69 Å². The van der Waals surface area contributed by atoms with Gasteiger partial charge in [0.2, 0.25) is 0 Å². The van der Waals surface area contributed by atoms with Gasteiger partial charge in [0.25, 0.3) is 0 Å². The minimum atomic E-state index is 0.641. The van der Waals surface area contributed by atoms with Gasteiger partial charge in [-0.3, -0.25) is 9.97 Å². The Labute approximate surface area is 97.8 Å². The SMILES string of the molecule is Cc1nccnc1-c1csc(NC2CC2)n1. The molecule has 0 bridgehead atoms. The van der Waals surface area contributed by atoms with Crippen LogP contribution < -0.4 is 5.32 Å². The summed E-state index contributed by atoms with van der Waals surface area (Å²) < 4.78 is 0. The van der Waals surface area contributed by atoms with E-state index in [1.54, 1.807) is 23.7 Å². The summed E-state index contributed by atoms with van der Waals surface area (Å²) in [6.07, 6.45) is 5.93. The summed E-state index contributed by atoms with van der Waals surface area (Å²) in [6, 6.07) is 0.641. The van der Waals surface area contributed by atoms with Gasteiger partial charge in [0.15, 0.2) is 5.13 Å². The highest BCUT2D eigenvalue weighted by Crippen LogP contribution is 2.29. The Balaban J connectivity index is 1.88. The summed E-state index contributed by atoms with van der Waals surface area (Å²) in [5.74, 6) is 0. The molecular formula is C11H12N4S. The van der Waals surface area contributed by atoms with Crippen LogP contribution in [0.2, 0.25) is 0 Å². The summed E-state index contributed by atoms with van der Waals surface area (Å²) in [5, 5.41) is 6.40. The number of nitrogens with one attached hydrogen (secondary N) is 1. The highest BCUT2D eigenvalue weighted by molar-refractivity contribution is 7.14. The summed E-state index contributed by atoms with van der Waals surface area (Å²) in [7, 11) is 0. The van der Waals surface area contributed by atoms with E-state index in [0.29, 0.717) is 6.04 Å². The van der Waals surface area contributed by atoms with Gasteiger partial charge in [-0.2, -0.15) is 0 Å². The molecule has 5 heteroatoms. The number of anilines is 1. The fourth-order valence-electron chi connectivity index (χ4n) is 1.51. The highest BCUT2D eigenvalue weighted by atomic mass is 32.1. The molecule has 0 amide bonds. The lowest BCUT2D eigenvalue weighted by Gasteiger charge is -1.99. The second kappa shape index (κ2) is 3.83. The van der Waals surface area contributed by atoms with E-state index in [2.05, 4.69) is 20.3 Å². The molecule has 0 aromatic carbocycles. The minimum absolute atomic E-state index is 0.641. The van der Waals surface area contributed by atoms with Crippen LogP contribution in [0.3, 0.4) is 0 Å². The van der Waals surface area contributed by atoms with Crippen LogP contribution in [0, 0.1) is 6.92 Å². The summed E-state index contributed by atoms with van der Waals surface area (Å²) in [4.78, 5) is 13.1. The Morgan fingerprint density at radius 2 is 2.12 bits per heavy atom. The van der Waals surface area contributed by atoms with Crippen LogP contribution in [0.1, 0.15) is 18.5 Å². The van der Waals surface area contributed by atoms with Gasteiger partial charge < -0.3 is 5.32 Å². The lowest BCUT2D eigenvalue weighted by atomic mass is 10.3. The number of hydrogen-bond acceptors (Lipinski definition) is 5. The largest absolute Gasteiger partial charge is 0.359 e. The number of hydrogen-bond donors (Lipinski definition) is 1. The van der Waals surface area contributed by atoms with Crippen molar-refractivity contribution in [2.75, 3.05) is 5.32 Å². The third kappa shape index (κ3) is 1.90. The Bertz CT molecular complexity index is 504. The van der Waals surface area contributed by atoms with Crippen molar-refractivity contribution >= 4 is 16.5 Å². The molecule has 82 valence electrons. The first-order chi connectivity index (χ1) is 7.83. The molecule has 0 spiro atoms. The molecule has 1 aliphatic rings. The summed E-state index contributed by atoms with van der Waals surface area (Å²) in [6.45, 7) is 1.95. The standard InChI is InChI=1S/C11H12N4S/c1-7-10(13-5-4-12-7)9-6-16-11(15-9)14-8-2-3-8/h4-6,8H,2-3H2,1H3,(H,14,15). The van der Waals surface area contributed by atoms with E-state index in [1.807, 2.05) is 12.3 Å². The molecule has 2 aromatic heterocycles. The Morgan fingerprint density at radius 1 is 1.31 bits per heavy atom. The molecule has 4 nitrogen and oxygen atoms in total. The topological polar surface area (TPSA) is 50.7 Å². The molecule has 0 aliphatic heterocycles. The lowest BCUT2D eigenvalue weighted by molar-refractivity contribution is 1.10. The van der Waals surface area contributed by atoms with Gasteiger partial charge in [-0.15, -0.1) is 11.3 Å². The average molecular weight is 232 g/mol. The number of aromatic nitrogens is 3. The summed E-state index contributed by atoms with van der Waals surface area (Å²) in [5.41, 5.74) is 2.71. The molecular weight excluding hydrogens is 220 g/mol. The predicted octanol–water partition coefficient (Wildman–Crippen LogP) is 2.48. The zero-order chi connectivity index (χ0) is 11.0. The normalized spacial score (nSPS) is 15.1. The van der Waals surface area contributed by atoms with Crippen molar-refractivity contribution < 1.29 is 0 Å². The molecule has 0 saturated heterocycles. The number of thiazole rings is 1. The number of rotatable bonds is 3. The maximum atomic E-state index is 4.53. The fraction of sp³-hybridized carbons (Fsp3) is 0.364. The molecule has 3 rings (SSSR count). The molecule has 0 radical (unpaired) electrons. The minimum Gasteiger partial charge on any atom is -0.359 e. The van der Waals surface area contributed by atoms with Crippen molar-refractivity contribution in [2.24, 2.45) is 0 Å². The van der Waals surface area contributed by atoms with Crippen LogP contribution >= 0.6 is 11.3 Å². The zero-order valence-electron chi connectivity index (χ0n) is 8.97. The first kappa shape index (κ1) is 9.72. The van der Waals surface area contributed by atoms with Gasteiger partial charge >= 0.3 is 0 Å². The van der Waals surface area contributed by atoms with Crippen molar-refractivity contribution in [2.45, 2.75) is 25.8 Å². The maximum Gasteiger partial charge on any atom is 0.183 e. The highest BCUT2D eigenvalue weighted by Gasteiger charge is 2.22. The molecule has 0 unspecified atom stereocenters. The monoisotopic (exact) mass is 232 g/mol. The van der Waals surface area contributed by atoms with Crippen LogP contribution in [0.25, 0.3) is 11.4 Å². The van der Waals surface area contributed by atoms with Gasteiger partial charge in [0, 0.05) is 23.8 Å². The van der Waals surface area contributed by atoms with E-state index in [4.69, 9.17) is 0 Å². The molecule has 2 heterocycles. The summed E-state index contributed by atoms with van der Waals surface area (Å²) >= 11 is 1.63. The number of aryl methyl sites for hydroxylation is 1. The first-order valence-electron chi connectivity index (χ1n) is 5.33. The van der Waals surface area contributed by atoms with Crippen LogP contribution in [0.15, 0.2) is 17.8 Å². The van der Waals surface area contributed by atoms with Gasteiger partial charge in [-0.25, -0.2) is 4.98 Å². The van der Waals surface area contributed by atoms with E-state index in [0.717, 1.165) is 22.2 Å². The maximum absolute atomic E-state index is 4.53. The Hall–Kier alpha value is -1.49. The average Bonchev–Trinajstić information content (AvgIpc) is 2.97. The van der Waals surface area contributed by atoms with Crippen molar-refractivity contribution in [3.8, 4) is 11.4 Å². The van der Waals surface area contributed by atoms with Crippen molar-refractivity contribution in [3.63, 3.8) is 0 Å². The fourth-order valence-corrected chi connectivity index (χ4v) is 2.28. The van der Waals surface area contributed by atoms with Gasteiger partial charge in [-0.1, -0.05) is 0 Å². The van der Waals surface area contributed by atoms with Gasteiger partial charge in [-0.05, 0) is 19.8 Å². The molecule has 0 atom stereocenters. The van der Waals surface area contributed by atoms with Crippen LogP contribution in [-0.2, 0) is 0 Å². The quantitative estimate of drug-likeness (QED) is 0.883. The van der Waals surface area contributed by atoms with Crippen molar-refractivity contribution in [3.05, 3.63) is 23.5 Å². The van der Waals surface area contributed by atoms with Crippen molar-refractivity contribution in [1.82, 2.24) is 15.0 Å². The third-order valence-electron chi connectivity index (χ3n) is 2.53. The van der Waals surface area contributed by atoms with Crippen LogP contribution in [0.5, 0.6) is 0 Å². The van der Waals surface area contributed by atoms with Crippen LogP contribution in [-0.4, -0.2) is 21.0 Å². The van der Waals surface area contributed by atoms with E-state index >= 15 is 0 Å². The first-order valence-corrected chi connectivity index (χ1v) is 6.21. The third-order valence-corrected chi connectivity index (χ3v) is 3.31. The van der Waals surface area contributed by atoms with Gasteiger partial charge in [0.1, 0.15) is 11.4 Å². The van der Waals surface area contributed by atoms with Crippen LogP contribution in [0.4, 0.5) is 5.13 Å². The second-order valence-corrected chi connectivity index (χ2v) is 4.80.